The minimum absolute atomic E-state index is 0.0492. The van der Waals surface area contributed by atoms with Gasteiger partial charge in [-0.1, -0.05) is 163 Å². The maximum atomic E-state index is 13.2. The Hall–Kier alpha value is -1.09. The quantitative estimate of drug-likeness (QED) is 0.0298. The van der Waals surface area contributed by atoms with Gasteiger partial charge >= 0.3 is 22.3 Å². The van der Waals surface area contributed by atoms with Crippen LogP contribution in [0.15, 0.2) is 0 Å². The maximum absolute atomic E-state index is 13.2. The van der Waals surface area contributed by atoms with Crippen molar-refractivity contribution in [3.05, 3.63) is 0 Å². The minimum Gasteiger partial charge on any atom is -0.455 e. The van der Waals surface area contributed by atoms with Gasteiger partial charge in [0, 0.05) is 12.8 Å². The molecule has 5 atom stereocenters. The Kier molecular flexibility index (Phi) is 25.9. The molecule has 0 saturated carbocycles. The lowest BCUT2D eigenvalue weighted by Crippen LogP contribution is -2.63. The van der Waals surface area contributed by atoms with Crippen LogP contribution in [-0.4, -0.2) is 75.6 Å². The number of esters is 2. The van der Waals surface area contributed by atoms with Crippen molar-refractivity contribution in [1.82, 2.24) is 0 Å². The lowest BCUT2D eigenvalue weighted by molar-refractivity contribution is -0.289. The first-order chi connectivity index (χ1) is 25.0. The van der Waals surface area contributed by atoms with Gasteiger partial charge in [-0.3, -0.25) is 14.1 Å². The van der Waals surface area contributed by atoms with Gasteiger partial charge in [0.15, 0.2) is 26.8 Å². The lowest BCUT2D eigenvalue weighted by atomic mass is 9.98. The van der Waals surface area contributed by atoms with Crippen LogP contribution < -0.4 is 0 Å². The van der Waals surface area contributed by atoms with Gasteiger partial charge in [0.1, 0.15) is 12.2 Å². The molecule has 1 aliphatic heterocycles. The summed E-state index contributed by atoms with van der Waals surface area (Å²) in [4.78, 5) is 26.2. The van der Waals surface area contributed by atoms with Crippen molar-refractivity contribution >= 4 is 30.7 Å². The molecule has 0 aromatic heterocycles. The zero-order valence-corrected chi connectivity index (χ0v) is 36.4. The normalized spacial score (nSPS) is 21.1. The van der Waals surface area contributed by atoms with E-state index in [0.717, 1.165) is 44.9 Å². The summed E-state index contributed by atoms with van der Waals surface area (Å²) in [5, 5.41) is 10.9. The number of aliphatic hydroxyl groups excluding tert-OH is 1. The third-order valence-corrected chi connectivity index (χ3v) is 15.7. The molecule has 0 amide bonds. The molecule has 1 saturated heterocycles. The van der Waals surface area contributed by atoms with Crippen molar-refractivity contribution in [2.75, 3.05) is 6.61 Å². The third kappa shape index (κ3) is 22.9. The summed E-state index contributed by atoms with van der Waals surface area (Å²) in [7, 11) is -7.48. The Morgan fingerprint density at radius 1 is 0.623 bits per heavy atom. The Labute approximate surface area is 324 Å². The van der Waals surface area contributed by atoms with Crippen LogP contribution in [-0.2, 0) is 42.8 Å². The van der Waals surface area contributed by atoms with Crippen molar-refractivity contribution in [2.24, 2.45) is 0 Å². The molecule has 11 nitrogen and oxygen atoms in total. The van der Waals surface area contributed by atoms with Crippen molar-refractivity contribution in [1.29, 1.82) is 0 Å². The van der Waals surface area contributed by atoms with Gasteiger partial charge in [0.25, 0.3) is 0 Å². The number of aliphatic hydroxyl groups is 1. The highest BCUT2D eigenvalue weighted by atomic mass is 32.3. The molecule has 1 heterocycles. The van der Waals surface area contributed by atoms with Crippen LogP contribution in [0.25, 0.3) is 0 Å². The number of carbonyl (C=O) groups excluding carboxylic acids is 2. The van der Waals surface area contributed by atoms with Crippen LogP contribution in [0.3, 0.4) is 0 Å². The first-order valence-corrected chi connectivity index (χ1v) is 25.3. The standard InChI is InChI=1S/C40H78O11SSi/c1-8-10-12-14-16-18-20-22-24-26-28-30-34(41)49-37-36(51-52(44,45)46)33(32-47-53(6,7)40(3,4)5)48-39(43)38(37)50-35(42)31-29-27-25-23-21-19-17-15-13-11-9-2/h33,36-39,43H,8-32H2,1-7H3,(H,44,45,46)/t33-,36-,37+,38-,39+/m1/s1. The average molecular weight is 795 g/mol. The molecule has 0 spiro atoms. The van der Waals surface area contributed by atoms with E-state index in [1.165, 1.54) is 83.5 Å². The Morgan fingerprint density at radius 2 is 0.981 bits per heavy atom. The third-order valence-electron chi connectivity index (χ3n) is 10.8. The number of rotatable bonds is 31. The van der Waals surface area contributed by atoms with E-state index in [0.29, 0.717) is 12.8 Å². The molecule has 0 unspecified atom stereocenters. The second kappa shape index (κ2) is 27.5. The molecule has 0 bridgehead atoms. The number of unbranched alkanes of at least 4 members (excludes halogenated alkanes) is 20. The molecular weight excluding hydrogens is 717 g/mol. The van der Waals surface area contributed by atoms with E-state index in [1.807, 2.05) is 33.9 Å². The van der Waals surface area contributed by atoms with E-state index in [9.17, 15) is 27.7 Å². The smallest absolute Gasteiger partial charge is 0.397 e. The number of carbonyl (C=O) groups is 2. The molecule has 0 aromatic carbocycles. The van der Waals surface area contributed by atoms with E-state index in [2.05, 4.69) is 13.8 Å². The van der Waals surface area contributed by atoms with Crippen LogP contribution in [0.4, 0.5) is 0 Å². The molecule has 1 aliphatic rings. The molecular formula is C40H78O11SSi. The maximum Gasteiger partial charge on any atom is 0.397 e. The summed E-state index contributed by atoms with van der Waals surface area (Å²) < 4.78 is 62.4. The van der Waals surface area contributed by atoms with Gasteiger partial charge in [-0.15, -0.1) is 0 Å². The Bertz CT molecular complexity index is 1080. The van der Waals surface area contributed by atoms with Crippen molar-refractivity contribution in [2.45, 2.75) is 238 Å². The SMILES string of the molecule is CCCCCCCCCCCCCC(=O)O[C@@H]1[C@@H](OC(=O)CCCCCCCCCCCCC)[C@@H](O)O[C@H](CO[Si](C)(C)C(C)(C)C)[C@H]1OS(=O)(=O)O. The second-order valence-corrected chi connectivity index (χ2v) is 22.5. The number of ether oxygens (including phenoxy) is 3. The first kappa shape index (κ1) is 49.9. The van der Waals surface area contributed by atoms with Gasteiger partial charge in [0.2, 0.25) is 0 Å². The lowest BCUT2D eigenvalue weighted by Gasteiger charge is -2.44. The van der Waals surface area contributed by atoms with Gasteiger partial charge in [-0.25, -0.2) is 4.18 Å². The van der Waals surface area contributed by atoms with Crippen LogP contribution in [0.2, 0.25) is 18.1 Å². The highest BCUT2D eigenvalue weighted by Crippen LogP contribution is 2.38. The van der Waals surface area contributed by atoms with E-state index < -0.39 is 61.4 Å². The topological polar surface area (TPSA) is 155 Å². The summed E-state index contributed by atoms with van der Waals surface area (Å²) in [6.45, 7) is 14.3. The summed E-state index contributed by atoms with van der Waals surface area (Å²) in [6.07, 6.45) is 16.8. The zero-order valence-electron chi connectivity index (χ0n) is 34.5. The van der Waals surface area contributed by atoms with Crippen molar-refractivity contribution in [3.63, 3.8) is 0 Å². The molecule has 13 heteroatoms. The van der Waals surface area contributed by atoms with E-state index >= 15 is 0 Å². The largest absolute Gasteiger partial charge is 0.455 e. The van der Waals surface area contributed by atoms with Crippen LogP contribution in [0.5, 0.6) is 0 Å². The van der Waals surface area contributed by atoms with Crippen molar-refractivity contribution in [3.8, 4) is 0 Å². The number of hydrogen-bond acceptors (Lipinski definition) is 10. The molecule has 0 aromatic rings. The van der Waals surface area contributed by atoms with E-state index in [-0.39, 0.29) is 24.5 Å². The molecule has 0 radical (unpaired) electrons. The summed E-state index contributed by atoms with van der Waals surface area (Å²) in [5.41, 5.74) is 0. The zero-order chi connectivity index (χ0) is 39.8. The monoisotopic (exact) mass is 795 g/mol. The van der Waals surface area contributed by atoms with Crippen molar-refractivity contribution < 1.29 is 50.5 Å². The van der Waals surface area contributed by atoms with E-state index in [4.69, 9.17) is 22.8 Å². The molecule has 0 aliphatic carbocycles. The fourth-order valence-electron chi connectivity index (χ4n) is 6.34. The fraction of sp³-hybridized carbons (Fsp3) is 0.950. The molecule has 2 N–H and O–H groups in total. The van der Waals surface area contributed by atoms with Crippen LogP contribution in [0.1, 0.15) is 189 Å². The van der Waals surface area contributed by atoms with Gasteiger partial charge in [-0.05, 0) is 31.0 Å². The average Bonchev–Trinajstić information content (AvgIpc) is 3.07. The highest BCUT2D eigenvalue weighted by Gasteiger charge is 2.53. The summed E-state index contributed by atoms with van der Waals surface area (Å²) in [6, 6.07) is 0. The Balaban J connectivity index is 2.88. The molecule has 1 rings (SSSR count). The second-order valence-electron chi connectivity index (χ2n) is 16.6. The predicted molar refractivity (Wildman–Crippen MR) is 212 cm³/mol. The highest BCUT2D eigenvalue weighted by molar-refractivity contribution is 7.80. The summed E-state index contributed by atoms with van der Waals surface area (Å²) in [5.74, 6) is -1.29. The van der Waals surface area contributed by atoms with Gasteiger partial charge < -0.3 is 23.7 Å². The van der Waals surface area contributed by atoms with Gasteiger partial charge in [0.05, 0.1) is 6.61 Å². The van der Waals surface area contributed by atoms with Crippen LogP contribution >= 0.6 is 0 Å². The number of hydrogen-bond donors (Lipinski definition) is 2. The molecule has 314 valence electrons. The van der Waals surface area contributed by atoms with Crippen LogP contribution in [0, 0.1) is 0 Å². The Morgan fingerprint density at radius 3 is 1.34 bits per heavy atom. The molecule has 53 heavy (non-hydrogen) atoms. The van der Waals surface area contributed by atoms with E-state index in [1.54, 1.807) is 0 Å². The fourth-order valence-corrected chi connectivity index (χ4v) is 7.87. The predicted octanol–water partition coefficient (Wildman–Crippen LogP) is 10.1. The summed E-state index contributed by atoms with van der Waals surface area (Å²) >= 11 is 0. The van der Waals surface area contributed by atoms with Gasteiger partial charge in [-0.2, -0.15) is 8.42 Å². The minimum atomic E-state index is -5.09. The first-order valence-electron chi connectivity index (χ1n) is 21.0. The molecule has 1 fully saturated rings.